The van der Waals surface area contributed by atoms with Crippen LogP contribution in [0.4, 0.5) is 10.5 Å². The number of nitrogen functional groups attached to an aromatic ring is 1. The number of carbonyl (C=O) groups is 1. The largest absolute Gasteiger partial charge is 0.464 e. The van der Waals surface area contributed by atoms with Gasteiger partial charge in [-0.1, -0.05) is 0 Å². The molecule has 6 nitrogen and oxygen atoms in total. The summed E-state index contributed by atoms with van der Waals surface area (Å²) in [6.07, 6.45) is 1.45. The van der Waals surface area contributed by atoms with Gasteiger partial charge in [-0.15, -0.1) is 0 Å². The predicted molar refractivity (Wildman–Crippen MR) is 93.7 cm³/mol. The van der Waals surface area contributed by atoms with Crippen molar-refractivity contribution in [1.29, 1.82) is 0 Å². The molecular formula is C18H25N3O3. The number of hydrogen-bond acceptors (Lipinski definition) is 5. The summed E-state index contributed by atoms with van der Waals surface area (Å²) in [4.78, 5) is 16.2. The van der Waals surface area contributed by atoms with Gasteiger partial charge in [0.1, 0.15) is 11.2 Å². The average Bonchev–Trinajstić information content (AvgIpc) is 2.94. The second-order valence-electron chi connectivity index (χ2n) is 7.26. The lowest BCUT2D eigenvalue weighted by Crippen LogP contribution is -2.49. The molecule has 2 aromatic rings. The van der Waals surface area contributed by atoms with Crippen molar-refractivity contribution < 1.29 is 13.9 Å². The van der Waals surface area contributed by atoms with Crippen LogP contribution < -0.4 is 5.73 Å². The van der Waals surface area contributed by atoms with Gasteiger partial charge >= 0.3 is 6.09 Å². The smallest absolute Gasteiger partial charge is 0.410 e. The SMILES string of the molecule is CC(C)(C)OC(=O)N1CCN(Cc2cc(N)cc3ccoc23)CC1. The number of rotatable bonds is 2. The summed E-state index contributed by atoms with van der Waals surface area (Å²) < 4.78 is 11.0. The maximum absolute atomic E-state index is 12.1. The van der Waals surface area contributed by atoms with Gasteiger partial charge in [0.05, 0.1) is 6.26 Å². The number of fused-ring (bicyclic) bond motifs is 1. The predicted octanol–water partition coefficient (Wildman–Crippen LogP) is 3.07. The first-order chi connectivity index (χ1) is 11.3. The van der Waals surface area contributed by atoms with Gasteiger partial charge < -0.3 is 19.8 Å². The topological polar surface area (TPSA) is 71.9 Å². The molecule has 130 valence electrons. The molecule has 1 fully saturated rings. The maximum atomic E-state index is 12.1. The zero-order valence-corrected chi connectivity index (χ0v) is 14.5. The molecular weight excluding hydrogens is 306 g/mol. The van der Waals surface area contributed by atoms with Crippen LogP contribution in [0.25, 0.3) is 11.0 Å². The van der Waals surface area contributed by atoms with E-state index in [0.29, 0.717) is 13.1 Å². The van der Waals surface area contributed by atoms with E-state index in [1.165, 1.54) is 0 Å². The van der Waals surface area contributed by atoms with E-state index in [2.05, 4.69) is 4.90 Å². The molecule has 1 aliphatic heterocycles. The number of benzene rings is 1. The fourth-order valence-electron chi connectivity index (χ4n) is 2.96. The molecule has 2 heterocycles. The van der Waals surface area contributed by atoms with Crippen LogP contribution in [0.3, 0.4) is 0 Å². The second kappa shape index (κ2) is 6.36. The Hall–Kier alpha value is -2.21. The van der Waals surface area contributed by atoms with Gasteiger partial charge in [0.25, 0.3) is 0 Å². The van der Waals surface area contributed by atoms with Crippen molar-refractivity contribution in [2.45, 2.75) is 32.9 Å². The van der Waals surface area contributed by atoms with Gasteiger partial charge in [-0.25, -0.2) is 4.79 Å². The van der Waals surface area contributed by atoms with Crippen LogP contribution in [-0.2, 0) is 11.3 Å². The van der Waals surface area contributed by atoms with Crippen molar-refractivity contribution >= 4 is 22.7 Å². The molecule has 0 saturated carbocycles. The summed E-state index contributed by atoms with van der Waals surface area (Å²) in [6, 6.07) is 5.81. The number of hydrogen-bond donors (Lipinski definition) is 1. The number of amides is 1. The first-order valence-electron chi connectivity index (χ1n) is 8.28. The minimum absolute atomic E-state index is 0.237. The van der Waals surface area contributed by atoms with Gasteiger partial charge in [0.15, 0.2) is 0 Å². The highest BCUT2D eigenvalue weighted by molar-refractivity contribution is 5.83. The Bertz CT molecular complexity index is 725. The minimum Gasteiger partial charge on any atom is -0.464 e. The number of piperazine rings is 1. The summed E-state index contributed by atoms with van der Waals surface area (Å²) in [5.74, 6) is 0. The number of nitrogens with zero attached hydrogens (tertiary/aromatic N) is 2. The Morgan fingerprint density at radius 3 is 2.62 bits per heavy atom. The van der Waals surface area contributed by atoms with E-state index >= 15 is 0 Å². The van der Waals surface area contributed by atoms with E-state index in [1.807, 2.05) is 39.0 Å². The Kier molecular flexibility index (Phi) is 4.41. The van der Waals surface area contributed by atoms with Crippen molar-refractivity contribution in [2.75, 3.05) is 31.9 Å². The zero-order chi connectivity index (χ0) is 17.3. The summed E-state index contributed by atoms with van der Waals surface area (Å²) in [6.45, 7) is 9.35. The van der Waals surface area contributed by atoms with E-state index in [0.717, 1.165) is 41.9 Å². The van der Waals surface area contributed by atoms with E-state index < -0.39 is 5.60 Å². The van der Waals surface area contributed by atoms with E-state index in [4.69, 9.17) is 14.9 Å². The maximum Gasteiger partial charge on any atom is 0.410 e. The standard InChI is InChI=1S/C18H25N3O3/c1-18(2,3)24-17(22)21-7-5-20(6-8-21)12-14-11-15(19)10-13-4-9-23-16(13)14/h4,9-11H,5-8,12,19H2,1-3H3. The molecule has 1 aliphatic rings. The van der Waals surface area contributed by atoms with Gasteiger partial charge in [-0.3, -0.25) is 4.90 Å². The molecule has 1 amide bonds. The molecule has 2 N–H and O–H groups in total. The summed E-state index contributed by atoms with van der Waals surface area (Å²) in [5, 5.41) is 1.03. The van der Waals surface area contributed by atoms with Crippen LogP contribution >= 0.6 is 0 Å². The second-order valence-corrected chi connectivity index (χ2v) is 7.26. The molecule has 6 heteroatoms. The Morgan fingerprint density at radius 1 is 1.25 bits per heavy atom. The molecule has 3 rings (SSSR count). The zero-order valence-electron chi connectivity index (χ0n) is 14.5. The van der Waals surface area contributed by atoms with Crippen LogP contribution in [0.1, 0.15) is 26.3 Å². The van der Waals surface area contributed by atoms with E-state index in [1.54, 1.807) is 11.2 Å². The highest BCUT2D eigenvalue weighted by atomic mass is 16.6. The third-order valence-corrected chi connectivity index (χ3v) is 4.07. The molecule has 1 saturated heterocycles. The number of ether oxygens (including phenoxy) is 1. The van der Waals surface area contributed by atoms with Crippen molar-refractivity contribution in [3.63, 3.8) is 0 Å². The molecule has 0 aliphatic carbocycles. The monoisotopic (exact) mass is 331 g/mol. The molecule has 24 heavy (non-hydrogen) atoms. The van der Waals surface area contributed by atoms with E-state index in [9.17, 15) is 4.79 Å². The van der Waals surface area contributed by atoms with Crippen LogP contribution in [0.2, 0.25) is 0 Å². The van der Waals surface area contributed by atoms with Crippen LogP contribution in [0.5, 0.6) is 0 Å². The molecule has 0 atom stereocenters. The summed E-state index contributed by atoms with van der Waals surface area (Å²) in [5.41, 5.74) is 8.24. The van der Waals surface area contributed by atoms with Gasteiger partial charge in [-0.05, 0) is 39.0 Å². The van der Waals surface area contributed by atoms with Crippen molar-refractivity contribution in [1.82, 2.24) is 9.80 Å². The average molecular weight is 331 g/mol. The van der Waals surface area contributed by atoms with Gasteiger partial charge in [0, 0.05) is 49.4 Å². The Balaban J connectivity index is 1.61. The first kappa shape index (κ1) is 16.6. The Morgan fingerprint density at radius 2 is 1.96 bits per heavy atom. The lowest BCUT2D eigenvalue weighted by Gasteiger charge is -2.35. The lowest BCUT2D eigenvalue weighted by molar-refractivity contribution is 0.0139. The summed E-state index contributed by atoms with van der Waals surface area (Å²) in [7, 11) is 0. The number of furan rings is 1. The lowest BCUT2D eigenvalue weighted by atomic mass is 10.1. The molecule has 1 aromatic heterocycles. The molecule has 0 radical (unpaired) electrons. The normalized spacial score (nSPS) is 16.5. The van der Waals surface area contributed by atoms with Crippen LogP contribution in [0, 0.1) is 0 Å². The third-order valence-electron chi connectivity index (χ3n) is 4.07. The van der Waals surface area contributed by atoms with Crippen LogP contribution in [-0.4, -0.2) is 47.7 Å². The summed E-state index contributed by atoms with van der Waals surface area (Å²) >= 11 is 0. The van der Waals surface area contributed by atoms with Crippen LogP contribution in [0.15, 0.2) is 28.9 Å². The first-order valence-corrected chi connectivity index (χ1v) is 8.28. The molecule has 1 aromatic carbocycles. The van der Waals surface area contributed by atoms with Gasteiger partial charge in [-0.2, -0.15) is 0 Å². The van der Waals surface area contributed by atoms with Crippen molar-refractivity contribution in [2.24, 2.45) is 0 Å². The fourth-order valence-corrected chi connectivity index (χ4v) is 2.96. The van der Waals surface area contributed by atoms with E-state index in [-0.39, 0.29) is 6.09 Å². The third kappa shape index (κ3) is 3.82. The van der Waals surface area contributed by atoms with Crippen molar-refractivity contribution in [3.05, 3.63) is 30.0 Å². The Labute approximate surface area is 142 Å². The highest BCUT2D eigenvalue weighted by Crippen LogP contribution is 2.25. The highest BCUT2D eigenvalue weighted by Gasteiger charge is 2.26. The fraction of sp³-hybridized carbons (Fsp3) is 0.500. The van der Waals surface area contributed by atoms with Gasteiger partial charge in [0.2, 0.25) is 0 Å². The van der Waals surface area contributed by atoms with Crippen molar-refractivity contribution in [3.8, 4) is 0 Å². The minimum atomic E-state index is -0.458. The molecule has 0 spiro atoms. The number of anilines is 1. The number of nitrogens with two attached hydrogens (primary N) is 1. The molecule has 0 bridgehead atoms. The number of carbonyl (C=O) groups excluding carboxylic acids is 1. The quantitative estimate of drug-likeness (QED) is 0.856. The molecule has 0 unspecified atom stereocenters.